The number of likely N-dealkylation sites (tertiary alicyclic amines) is 1. The summed E-state index contributed by atoms with van der Waals surface area (Å²) in [5.74, 6) is 0.0136. The Morgan fingerprint density at radius 2 is 2.00 bits per heavy atom. The van der Waals surface area contributed by atoms with E-state index in [9.17, 15) is 9.90 Å². The van der Waals surface area contributed by atoms with Crippen LogP contribution in [0.15, 0.2) is 18.2 Å². The van der Waals surface area contributed by atoms with Crippen molar-refractivity contribution in [3.05, 3.63) is 34.9 Å². The third-order valence-electron chi connectivity index (χ3n) is 3.86. The number of hydrogen-bond donors (Lipinski definition) is 1. The second-order valence-corrected chi connectivity index (χ2v) is 5.89. The molecule has 1 aliphatic rings. The van der Waals surface area contributed by atoms with Gasteiger partial charge in [0.05, 0.1) is 6.10 Å². The van der Waals surface area contributed by atoms with Gasteiger partial charge in [0.25, 0.3) is 5.91 Å². The highest BCUT2D eigenvalue weighted by molar-refractivity contribution is 5.95. The van der Waals surface area contributed by atoms with Crippen LogP contribution >= 0.6 is 0 Å². The number of hydrogen-bond acceptors (Lipinski definition) is 2. The Morgan fingerprint density at radius 3 is 2.50 bits per heavy atom. The average molecular weight is 247 g/mol. The summed E-state index contributed by atoms with van der Waals surface area (Å²) < 4.78 is 0. The first kappa shape index (κ1) is 13.1. The normalized spacial score (nSPS) is 22.3. The third kappa shape index (κ3) is 2.27. The van der Waals surface area contributed by atoms with E-state index in [1.54, 1.807) is 4.90 Å². The highest BCUT2D eigenvalue weighted by Crippen LogP contribution is 2.30. The maximum atomic E-state index is 12.5. The largest absolute Gasteiger partial charge is 0.391 e. The lowest BCUT2D eigenvalue weighted by atomic mass is 9.99. The summed E-state index contributed by atoms with van der Waals surface area (Å²) in [7, 11) is 0. The Bertz CT molecular complexity index is 479. The van der Waals surface area contributed by atoms with Crippen LogP contribution in [0, 0.1) is 13.8 Å². The second kappa shape index (κ2) is 4.39. The maximum Gasteiger partial charge on any atom is 0.254 e. The summed E-state index contributed by atoms with van der Waals surface area (Å²) in [5.41, 5.74) is 2.75. The molecular weight excluding hydrogens is 226 g/mol. The van der Waals surface area contributed by atoms with Crippen molar-refractivity contribution in [3.63, 3.8) is 0 Å². The first-order valence-corrected chi connectivity index (χ1v) is 6.38. The van der Waals surface area contributed by atoms with Gasteiger partial charge < -0.3 is 10.0 Å². The van der Waals surface area contributed by atoms with E-state index >= 15 is 0 Å². The molecule has 2 rings (SSSR count). The van der Waals surface area contributed by atoms with Crippen LogP contribution in [0.5, 0.6) is 0 Å². The molecular formula is C15H21NO2. The molecule has 1 saturated heterocycles. The van der Waals surface area contributed by atoms with Crippen LogP contribution in [0.4, 0.5) is 0 Å². The molecule has 1 unspecified atom stereocenters. The number of amides is 1. The molecule has 98 valence electrons. The first-order chi connectivity index (χ1) is 8.31. The molecule has 0 aromatic heterocycles. The molecule has 0 bridgehead atoms. The van der Waals surface area contributed by atoms with Crippen molar-refractivity contribution in [2.24, 2.45) is 0 Å². The van der Waals surface area contributed by atoms with E-state index in [-0.39, 0.29) is 11.4 Å². The fourth-order valence-electron chi connectivity index (χ4n) is 2.60. The summed E-state index contributed by atoms with van der Waals surface area (Å²) in [4.78, 5) is 14.3. The van der Waals surface area contributed by atoms with E-state index in [0.29, 0.717) is 18.5 Å². The van der Waals surface area contributed by atoms with Crippen LogP contribution in [0.2, 0.25) is 0 Å². The number of carbonyl (C=O) groups is 1. The lowest BCUT2D eigenvalue weighted by Gasteiger charge is -2.31. The second-order valence-electron chi connectivity index (χ2n) is 5.89. The molecule has 3 nitrogen and oxygen atoms in total. The van der Waals surface area contributed by atoms with Gasteiger partial charge in [-0.2, -0.15) is 0 Å². The van der Waals surface area contributed by atoms with Gasteiger partial charge in [0, 0.05) is 17.6 Å². The van der Waals surface area contributed by atoms with E-state index < -0.39 is 6.10 Å². The zero-order valence-electron chi connectivity index (χ0n) is 11.5. The predicted molar refractivity (Wildman–Crippen MR) is 71.7 cm³/mol. The topological polar surface area (TPSA) is 40.5 Å². The summed E-state index contributed by atoms with van der Waals surface area (Å²) >= 11 is 0. The zero-order chi connectivity index (χ0) is 13.5. The molecule has 1 aromatic carbocycles. The van der Waals surface area contributed by atoms with Crippen LogP contribution < -0.4 is 0 Å². The van der Waals surface area contributed by atoms with Crippen LogP contribution in [0.3, 0.4) is 0 Å². The zero-order valence-corrected chi connectivity index (χ0v) is 11.5. The Labute approximate surface area is 108 Å². The van der Waals surface area contributed by atoms with Gasteiger partial charge in [-0.15, -0.1) is 0 Å². The molecule has 1 heterocycles. The van der Waals surface area contributed by atoms with Crippen molar-refractivity contribution in [2.45, 2.75) is 45.8 Å². The molecule has 0 saturated carbocycles. The molecule has 1 aromatic rings. The number of carbonyl (C=O) groups excluding carboxylic acids is 1. The van der Waals surface area contributed by atoms with Crippen molar-refractivity contribution in [3.8, 4) is 0 Å². The minimum absolute atomic E-state index is 0.0136. The Kier molecular flexibility index (Phi) is 3.20. The number of β-amino-alcohol motifs (C(OH)–C–C–N with tert-alkyl or cyclic N) is 1. The highest BCUT2D eigenvalue weighted by atomic mass is 16.3. The van der Waals surface area contributed by atoms with Gasteiger partial charge in [-0.05, 0) is 57.4 Å². The van der Waals surface area contributed by atoms with Crippen molar-refractivity contribution in [1.29, 1.82) is 0 Å². The highest BCUT2D eigenvalue weighted by Gasteiger charge is 2.40. The van der Waals surface area contributed by atoms with Gasteiger partial charge in [-0.25, -0.2) is 0 Å². The quantitative estimate of drug-likeness (QED) is 0.827. The summed E-state index contributed by atoms with van der Waals surface area (Å²) in [5, 5.41) is 9.74. The monoisotopic (exact) mass is 247 g/mol. The van der Waals surface area contributed by atoms with Gasteiger partial charge in [0.15, 0.2) is 0 Å². The smallest absolute Gasteiger partial charge is 0.254 e. The van der Waals surface area contributed by atoms with Crippen LogP contribution in [-0.2, 0) is 0 Å². The van der Waals surface area contributed by atoms with E-state index in [1.165, 1.54) is 5.56 Å². The van der Waals surface area contributed by atoms with E-state index in [2.05, 4.69) is 0 Å². The number of aliphatic hydroxyl groups is 1. The molecule has 1 atom stereocenters. The third-order valence-corrected chi connectivity index (χ3v) is 3.86. The molecule has 0 radical (unpaired) electrons. The molecule has 18 heavy (non-hydrogen) atoms. The van der Waals surface area contributed by atoms with Crippen molar-refractivity contribution in [1.82, 2.24) is 4.90 Å². The van der Waals surface area contributed by atoms with Crippen molar-refractivity contribution in [2.75, 3.05) is 6.54 Å². The number of benzene rings is 1. The van der Waals surface area contributed by atoms with Crippen LogP contribution in [-0.4, -0.2) is 34.1 Å². The predicted octanol–water partition coefficient (Wildman–Crippen LogP) is 2.29. The van der Waals surface area contributed by atoms with E-state index in [0.717, 1.165) is 5.56 Å². The van der Waals surface area contributed by atoms with Gasteiger partial charge in [-0.1, -0.05) is 6.07 Å². The van der Waals surface area contributed by atoms with Gasteiger partial charge >= 0.3 is 0 Å². The van der Waals surface area contributed by atoms with Crippen molar-refractivity contribution >= 4 is 5.91 Å². The molecule has 1 aliphatic heterocycles. The van der Waals surface area contributed by atoms with E-state index in [1.807, 2.05) is 45.9 Å². The minimum atomic E-state index is -0.407. The minimum Gasteiger partial charge on any atom is -0.391 e. The van der Waals surface area contributed by atoms with Gasteiger partial charge in [-0.3, -0.25) is 4.79 Å². The summed E-state index contributed by atoms with van der Waals surface area (Å²) in [6.45, 7) is 8.48. The molecule has 1 N–H and O–H groups in total. The van der Waals surface area contributed by atoms with Crippen LogP contribution in [0.25, 0.3) is 0 Å². The maximum absolute atomic E-state index is 12.5. The standard InChI is InChI=1S/C15H21NO2/c1-10-5-6-12(7-11(10)2)14(18)16-9-13(17)8-15(16,3)4/h5-7,13,17H,8-9H2,1-4H3. The number of aliphatic hydroxyl groups excluding tert-OH is 1. The molecule has 0 spiro atoms. The van der Waals surface area contributed by atoms with Crippen LogP contribution in [0.1, 0.15) is 41.8 Å². The Morgan fingerprint density at radius 1 is 1.33 bits per heavy atom. The molecule has 1 fully saturated rings. The fourth-order valence-corrected chi connectivity index (χ4v) is 2.60. The van der Waals surface area contributed by atoms with Gasteiger partial charge in [0.1, 0.15) is 0 Å². The Balaban J connectivity index is 2.29. The lowest BCUT2D eigenvalue weighted by Crippen LogP contribution is -2.42. The molecule has 3 heteroatoms. The van der Waals surface area contributed by atoms with E-state index in [4.69, 9.17) is 0 Å². The van der Waals surface area contributed by atoms with Gasteiger partial charge in [0.2, 0.25) is 0 Å². The van der Waals surface area contributed by atoms with Crippen molar-refractivity contribution < 1.29 is 9.90 Å². The molecule has 1 amide bonds. The summed E-state index contributed by atoms with van der Waals surface area (Å²) in [6, 6.07) is 5.77. The first-order valence-electron chi connectivity index (χ1n) is 6.38. The molecule has 0 aliphatic carbocycles. The number of aryl methyl sites for hydroxylation is 2. The fraction of sp³-hybridized carbons (Fsp3) is 0.533. The number of rotatable bonds is 1. The summed E-state index contributed by atoms with van der Waals surface area (Å²) in [6.07, 6.45) is 0.235. The Hall–Kier alpha value is -1.35. The SMILES string of the molecule is Cc1ccc(C(=O)N2CC(O)CC2(C)C)cc1C. The number of nitrogens with zero attached hydrogens (tertiary/aromatic N) is 1. The average Bonchev–Trinajstić information content (AvgIpc) is 2.55. The lowest BCUT2D eigenvalue weighted by molar-refractivity contribution is 0.0641.